The summed E-state index contributed by atoms with van der Waals surface area (Å²) >= 11 is 0. The summed E-state index contributed by atoms with van der Waals surface area (Å²) in [4.78, 5) is 11.8. The third kappa shape index (κ3) is 2.11. The minimum absolute atomic E-state index is 0.0229. The van der Waals surface area contributed by atoms with Gasteiger partial charge in [-0.3, -0.25) is 5.01 Å². The van der Waals surface area contributed by atoms with Crippen molar-refractivity contribution < 1.29 is 13.9 Å². The Hall–Kier alpha value is -2.69. The number of hydrogen-bond acceptors (Lipinski definition) is 4. The van der Waals surface area contributed by atoms with Crippen LogP contribution in [-0.4, -0.2) is 24.6 Å². The molecule has 1 fully saturated rings. The molecular formula is C20H17FN2O2. The van der Waals surface area contributed by atoms with Gasteiger partial charge in [-0.25, -0.2) is 4.39 Å². The molecule has 0 amide bonds. The van der Waals surface area contributed by atoms with E-state index in [1.165, 1.54) is 12.1 Å². The summed E-state index contributed by atoms with van der Waals surface area (Å²) in [6.07, 6.45) is 2.69. The Morgan fingerprint density at radius 3 is 2.72 bits per heavy atom. The smallest absolute Gasteiger partial charge is 0.144 e. The first-order valence-electron chi connectivity index (χ1n) is 8.54. The van der Waals surface area contributed by atoms with Gasteiger partial charge >= 0.3 is 0 Å². The molecule has 2 atom stereocenters. The zero-order valence-corrected chi connectivity index (χ0v) is 13.6. The molecule has 2 aromatic carbocycles. The van der Waals surface area contributed by atoms with Gasteiger partial charge < -0.3 is 9.53 Å². The molecule has 0 N–H and O–H groups in total. The number of nitrogens with zero attached hydrogens (tertiary/aromatic N) is 2. The molecule has 5 heteroatoms. The minimum Gasteiger partial charge on any atom is -0.489 e. The van der Waals surface area contributed by atoms with Crippen molar-refractivity contribution in [1.82, 2.24) is 0 Å². The number of rotatable bonds is 3. The van der Waals surface area contributed by atoms with Crippen LogP contribution in [0.2, 0.25) is 0 Å². The van der Waals surface area contributed by atoms with Gasteiger partial charge in [-0.15, -0.1) is 0 Å². The highest BCUT2D eigenvalue weighted by Gasteiger charge is 2.56. The van der Waals surface area contributed by atoms with Crippen molar-refractivity contribution in [2.24, 2.45) is 10.5 Å². The molecule has 2 aliphatic heterocycles. The van der Waals surface area contributed by atoms with E-state index in [1.807, 2.05) is 23.2 Å². The van der Waals surface area contributed by atoms with Crippen LogP contribution in [0.1, 0.15) is 24.3 Å². The molecule has 5 rings (SSSR count). The molecule has 1 unspecified atom stereocenters. The van der Waals surface area contributed by atoms with Gasteiger partial charge in [-0.1, -0.05) is 30.3 Å². The van der Waals surface area contributed by atoms with Gasteiger partial charge in [0.1, 0.15) is 30.1 Å². The molecule has 0 bridgehead atoms. The lowest BCUT2D eigenvalue weighted by Gasteiger charge is -2.34. The van der Waals surface area contributed by atoms with Gasteiger partial charge in [0.15, 0.2) is 0 Å². The van der Waals surface area contributed by atoms with Crippen molar-refractivity contribution in [3.8, 4) is 5.75 Å². The quantitative estimate of drug-likeness (QED) is 0.805. The Kier molecular flexibility index (Phi) is 3.02. The highest BCUT2D eigenvalue weighted by Crippen LogP contribution is 2.53. The first kappa shape index (κ1) is 14.6. The van der Waals surface area contributed by atoms with E-state index in [1.54, 1.807) is 6.07 Å². The Morgan fingerprint density at radius 1 is 1.20 bits per heavy atom. The van der Waals surface area contributed by atoms with E-state index in [0.29, 0.717) is 18.0 Å². The molecule has 0 saturated heterocycles. The average molecular weight is 336 g/mol. The lowest BCUT2D eigenvalue weighted by Crippen LogP contribution is -2.41. The third-order valence-corrected chi connectivity index (χ3v) is 5.47. The number of aldehydes is 1. The minimum atomic E-state index is -0.467. The van der Waals surface area contributed by atoms with Gasteiger partial charge in [0.05, 0.1) is 23.1 Å². The topological polar surface area (TPSA) is 41.9 Å². The summed E-state index contributed by atoms with van der Waals surface area (Å²) in [5.41, 5.74) is 2.17. The van der Waals surface area contributed by atoms with Crippen LogP contribution >= 0.6 is 0 Å². The van der Waals surface area contributed by atoms with Crippen LogP contribution in [-0.2, 0) is 4.79 Å². The van der Waals surface area contributed by atoms with E-state index >= 15 is 0 Å². The molecule has 25 heavy (non-hydrogen) atoms. The average Bonchev–Trinajstić information content (AvgIpc) is 3.35. The number of carbonyl (C=O) groups is 1. The van der Waals surface area contributed by atoms with Crippen molar-refractivity contribution >= 4 is 17.7 Å². The number of benzene rings is 2. The number of fused-ring (bicyclic) bond motifs is 3. The summed E-state index contributed by atoms with van der Waals surface area (Å²) in [7, 11) is 0. The lowest BCUT2D eigenvalue weighted by molar-refractivity contribution is -0.110. The molecule has 126 valence electrons. The number of ether oxygens (including phenoxy) is 1. The van der Waals surface area contributed by atoms with Crippen LogP contribution in [0, 0.1) is 11.2 Å². The standard InChI is InChI=1S/C20H17FN2O2/c21-14-6-7-17-15(10-14)23-16(11-25-17)18(13-4-2-1-3-5-13)19(22-23)20(12-24)8-9-20/h1-7,10,12,16,18H,8-9,11H2/t16?,18-/m1/s1. The summed E-state index contributed by atoms with van der Waals surface area (Å²) in [6.45, 7) is 0.458. The van der Waals surface area contributed by atoms with Gasteiger partial charge in [-0.2, -0.15) is 5.10 Å². The van der Waals surface area contributed by atoms with Crippen molar-refractivity contribution in [2.45, 2.75) is 24.8 Å². The molecule has 2 heterocycles. The first-order valence-corrected chi connectivity index (χ1v) is 8.54. The van der Waals surface area contributed by atoms with Gasteiger partial charge in [0.25, 0.3) is 0 Å². The fourth-order valence-electron chi connectivity index (χ4n) is 3.96. The summed E-state index contributed by atoms with van der Waals surface area (Å²) in [5, 5.41) is 6.69. The fraction of sp³-hybridized carbons (Fsp3) is 0.300. The first-order chi connectivity index (χ1) is 12.2. The second kappa shape index (κ2) is 5.15. The lowest BCUT2D eigenvalue weighted by atomic mass is 9.81. The Morgan fingerprint density at radius 2 is 2.00 bits per heavy atom. The zero-order valence-electron chi connectivity index (χ0n) is 13.6. The molecule has 1 saturated carbocycles. The van der Waals surface area contributed by atoms with E-state index in [-0.39, 0.29) is 17.8 Å². The number of carbonyl (C=O) groups excluding carboxylic acids is 1. The predicted molar refractivity (Wildman–Crippen MR) is 92.5 cm³/mol. The summed E-state index contributed by atoms with van der Waals surface area (Å²) in [6, 6.07) is 14.5. The van der Waals surface area contributed by atoms with Crippen molar-refractivity contribution in [3.63, 3.8) is 0 Å². The fourth-order valence-corrected chi connectivity index (χ4v) is 3.96. The van der Waals surface area contributed by atoms with Crippen LogP contribution in [0.3, 0.4) is 0 Å². The van der Waals surface area contributed by atoms with Crippen LogP contribution in [0.25, 0.3) is 0 Å². The zero-order chi connectivity index (χ0) is 17.0. The Labute approximate surface area is 144 Å². The summed E-state index contributed by atoms with van der Waals surface area (Å²) < 4.78 is 19.7. The SMILES string of the molecule is O=CC1(C2=NN3c4cc(F)ccc4OCC3[C@H]2c2ccccc2)CC1. The number of hydrazone groups is 1. The van der Waals surface area contributed by atoms with Gasteiger partial charge in [0, 0.05) is 6.07 Å². The number of halogens is 1. The molecule has 4 nitrogen and oxygen atoms in total. The summed E-state index contributed by atoms with van der Waals surface area (Å²) in [5.74, 6) is 0.287. The highest BCUT2D eigenvalue weighted by atomic mass is 19.1. The Balaban J connectivity index is 1.65. The molecule has 0 radical (unpaired) electrons. The van der Waals surface area contributed by atoms with E-state index < -0.39 is 5.41 Å². The van der Waals surface area contributed by atoms with Crippen molar-refractivity contribution in [3.05, 3.63) is 59.9 Å². The maximum atomic E-state index is 13.8. The van der Waals surface area contributed by atoms with Crippen LogP contribution in [0.4, 0.5) is 10.1 Å². The maximum absolute atomic E-state index is 13.8. The van der Waals surface area contributed by atoms with Gasteiger partial charge in [-0.05, 0) is 30.5 Å². The van der Waals surface area contributed by atoms with E-state index in [4.69, 9.17) is 9.84 Å². The second-order valence-electron chi connectivity index (χ2n) is 6.98. The number of anilines is 1. The normalized spacial score (nSPS) is 25.5. The van der Waals surface area contributed by atoms with E-state index in [9.17, 15) is 9.18 Å². The van der Waals surface area contributed by atoms with E-state index in [0.717, 1.165) is 30.4 Å². The largest absolute Gasteiger partial charge is 0.489 e. The number of hydrogen-bond donors (Lipinski definition) is 0. The van der Waals surface area contributed by atoms with Crippen molar-refractivity contribution in [1.29, 1.82) is 0 Å². The van der Waals surface area contributed by atoms with Gasteiger partial charge in [0.2, 0.25) is 0 Å². The van der Waals surface area contributed by atoms with Crippen LogP contribution in [0.15, 0.2) is 53.6 Å². The molecule has 3 aliphatic rings. The Bertz CT molecular complexity index is 877. The highest BCUT2D eigenvalue weighted by molar-refractivity contribution is 6.10. The molecule has 0 aromatic heterocycles. The molecule has 2 aromatic rings. The van der Waals surface area contributed by atoms with E-state index in [2.05, 4.69) is 12.1 Å². The molecule has 0 spiro atoms. The molecule has 1 aliphatic carbocycles. The molecular weight excluding hydrogens is 319 g/mol. The predicted octanol–water partition coefficient (Wildman–Crippen LogP) is 3.53. The van der Waals surface area contributed by atoms with Crippen LogP contribution in [0.5, 0.6) is 5.75 Å². The van der Waals surface area contributed by atoms with Crippen LogP contribution < -0.4 is 9.75 Å². The maximum Gasteiger partial charge on any atom is 0.144 e. The van der Waals surface area contributed by atoms with Crippen molar-refractivity contribution in [2.75, 3.05) is 11.6 Å². The second-order valence-corrected chi connectivity index (χ2v) is 6.98. The monoisotopic (exact) mass is 336 g/mol. The third-order valence-electron chi connectivity index (χ3n) is 5.47.